The highest BCUT2D eigenvalue weighted by molar-refractivity contribution is 8.15. The second kappa shape index (κ2) is 11.0. The summed E-state index contributed by atoms with van der Waals surface area (Å²) in [5, 5.41) is 11.3. The van der Waals surface area contributed by atoms with Crippen LogP contribution < -0.4 is 19.5 Å². The minimum atomic E-state index is -1.07. The molecule has 1 aliphatic heterocycles. The molecule has 1 unspecified atom stereocenters. The highest BCUT2D eigenvalue weighted by Gasteiger charge is 2.31. The van der Waals surface area contributed by atoms with Crippen molar-refractivity contribution < 1.29 is 33.7 Å². The number of thioether (sulfide) groups is 1. The van der Waals surface area contributed by atoms with Crippen LogP contribution in [0.4, 0.5) is 4.79 Å². The van der Waals surface area contributed by atoms with Gasteiger partial charge in [0.1, 0.15) is 23.0 Å². The first-order chi connectivity index (χ1) is 17.3. The normalized spacial score (nSPS) is 15.4. The molecule has 8 nitrogen and oxygen atoms in total. The summed E-state index contributed by atoms with van der Waals surface area (Å²) in [6, 6.07) is 19.1. The zero-order valence-electron chi connectivity index (χ0n) is 19.5. The number of amides is 2. The lowest BCUT2D eigenvalue weighted by atomic mass is 10.0. The molecule has 0 aromatic heterocycles. The van der Waals surface area contributed by atoms with Gasteiger partial charge in [0, 0.05) is 6.07 Å². The van der Waals surface area contributed by atoms with Gasteiger partial charge >= 0.3 is 5.97 Å². The summed E-state index contributed by atoms with van der Waals surface area (Å²) in [7, 11) is 3.06. The summed E-state index contributed by atoms with van der Waals surface area (Å²) in [5.41, 5.74) is 2.15. The smallest absolute Gasteiger partial charge is 0.336 e. The first-order valence-corrected chi connectivity index (χ1v) is 11.8. The number of nitrogens with one attached hydrogen (secondary N) is 1. The molecule has 4 rings (SSSR count). The van der Waals surface area contributed by atoms with E-state index in [2.05, 4.69) is 5.32 Å². The fourth-order valence-electron chi connectivity index (χ4n) is 3.62. The molecule has 1 fully saturated rings. The number of ether oxygens (including phenoxy) is 3. The average Bonchev–Trinajstić information content (AvgIpc) is 3.20. The molecule has 1 atom stereocenters. The maximum atomic E-state index is 12.0. The van der Waals surface area contributed by atoms with E-state index in [4.69, 9.17) is 14.2 Å². The van der Waals surface area contributed by atoms with Gasteiger partial charge in [0.15, 0.2) is 0 Å². The Bertz CT molecular complexity index is 1290. The van der Waals surface area contributed by atoms with E-state index in [9.17, 15) is 19.5 Å². The van der Waals surface area contributed by atoms with Gasteiger partial charge in [-0.25, -0.2) is 4.79 Å². The van der Waals surface area contributed by atoms with Gasteiger partial charge in [-0.05, 0) is 65.6 Å². The Hall–Kier alpha value is -4.24. The van der Waals surface area contributed by atoms with Crippen LogP contribution in [0.3, 0.4) is 0 Å². The summed E-state index contributed by atoms with van der Waals surface area (Å²) in [4.78, 5) is 35.0. The monoisotopic (exact) mass is 505 g/mol. The van der Waals surface area contributed by atoms with Gasteiger partial charge in [-0.3, -0.25) is 14.9 Å². The van der Waals surface area contributed by atoms with Crippen molar-refractivity contribution >= 4 is 40.5 Å². The Balaban J connectivity index is 1.47. The zero-order valence-corrected chi connectivity index (χ0v) is 20.3. The molecule has 0 saturated carbocycles. The Morgan fingerprint density at radius 1 is 0.917 bits per heavy atom. The number of carboxylic acid groups (broad SMARTS) is 1. The van der Waals surface area contributed by atoms with Crippen molar-refractivity contribution in [2.75, 3.05) is 14.2 Å². The molecule has 184 valence electrons. The molecule has 0 aliphatic carbocycles. The van der Waals surface area contributed by atoms with Crippen LogP contribution >= 0.6 is 11.8 Å². The lowest BCUT2D eigenvalue weighted by molar-refractivity contribution is -0.130. The lowest BCUT2D eigenvalue weighted by Gasteiger charge is -2.10. The van der Waals surface area contributed by atoms with Gasteiger partial charge in [0.05, 0.1) is 25.0 Å². The molecule has 0 spiro atoms. The molecule has 1 aliphatic rings. The Kier molecular flexibility index (Phi) is 7.60. The number of carboxylic acids is 1. The molecule has 3 aromatic rings. The van der Waals surface area contributed by atoms with E-state index >= 15 is 0 Å². The van der Waals surface area contributed by atoms with E-state index in [-0.39, 0.29) is 16.7 Å². The van der Waals surface area contributed by atoms with Crippen molar-refractivity contribution in [3.8, 4) is 23.0 Å². The quantitative estimate of drug-likeness (QED) is 0.308. The third kappa shape index (κ3) is 6.05. The topological polar surface area (TPSA) is 111 Å². The van der Waals surface area contributed by atoms with Crippen molar-refractivity contribution in [2.45, 2.75) is 11.7 Å². The standard InChI is InChI=1S/C27H23NO7S/c1-33-21-11-17(12-22(15-21)34-2)13-23(26(30)31)18-5-9-20(10-6-18)35-19-7-3-16(4-8-19)14-24-25(29)28-27(32)36-24/h3-13,15,24H,14H2,1-2H3,(H,30,31)(H,28,29,32). The summed E-state index contributed by atoms with van der Waals surface area (Å²) in [6.45, 7) is 0. The highest BCUT2D eigenvalue weighted by Crippen LogP contribution is 2.29. The van der Waals surface area contributed by atoms with Crippen LogP contribution in [0.15, 0.2) is 66.7 Å². The van der Waals surface area contributed by atoms with E-state index < -0.39 is 11.2 Å². The van der Waals surface area contributed by atoms with Crippen molar-refractivity contribution in [1.82, 2.24) is 5.32 Å². The molecule has 2 amide bonds. The summed E-state index contributed by atoms with van der Waals surface area (Å²) in [6.07, 6.45) is 2.00. The molecular formula is C27H23NO7S. The molecule has 36 heavy (non-hydrogen) atoms. The first kappa shape index (κ1) is 24.9. The number of hydrogen-bond acceptors (Lipinski definition) is 7. The van der Waals surface area contributed by atoms with Gasteiger partial charge in [-0.1, -0.05) is 36.0 Å². The SMILES string of the molecule is COc1cc(C=C(C(=O)O)c2ccc(Oc3ccc(CC4SC(=O)NC4=O)cc3)cc2)cc(OC)c1. The number of benzene rings is 3. The first-order valence-electron chi connectivity index (χ1n) is 10.9. The minimum absolute atomic E-state index is 0.105. The van der Waals surface area contributed by atoms with E-state index in [1.54, 1.807) is 60.7 Å². The molecule has 1 heterocycles. The Labute approximate surface area is 211 Å². The van der Waals surface area contributed by atoms with Crippen LogP contribution in [0.25, 0.3) is 11.6 Å². The van der Waals surface area contributed by atoms with Crippen LogP contribution in [-0.4, -0.2) is 41.7 Å². The number of aliphatic carboxylic acids is 1. The van der Waals surface area contributed by atoms with Crippen molar-refractivity contribution in [1.29, 1.82) is 0 Å². The fourth-order valence-corrected chi connectivity index (χ4v) is 4.48. The largest absolute Gasteiger partial charge is 0.497 e. The third-order valence-electron chi connectivity index (χ3n) is 5.43. The number of carbonyl (C=O) groups excluding carboxylic acids is 2. The zero-order chi connectivity index (χ0) is 25.7. The minimum Gasteiger partial charge on any atom is -0.497 e. The summed E-state index contributed by atoms with van der Waals surface area (Å²) >= 11 is 0.995. The predicted octanol–water partition coefficient (Wildman–Crippen LogP) is 5.02. The van der Waals surface area contributed by atoms with E-state index in [1.807, 2.05) is 12.1 Å². The molecular weight excluding hydrogens is 482 g/mol. The number of imide groups is 1. The van der Waals surface area contributed by atoms with Gasteiger partial charge in [-0.15, -0.1) is 0 Å². The van der Waals surface area contributed by atoms with Gasteiger partial charge in [0.25, 0.3) is 5.24 Å². The van der Waals surface area contributed by atoms with Crippen LogP contribution in [0, 0.1) is 0 Å². The van der Waals surface area contributed by atoms with Crippen molar-refractivity contribution in [2.24, 2.45) is 0 Å². The van der Waals surface area contributed by atoms with Crippen LogP contribution in [0.1, 0.15) is 16.7 Å². The third-order valence-corrected chi connectivity index (χ3v) is 6.41. The Morgan fingerprint density at radius 2 is 1.50 bits per heavy atom. The predicted molar refractivity (Wildman–Crippen MR) is 137 cm³/mol. The van der Waals surface area contributed by atoms with Gasteiger partial charge < -0.3 is 19.3 Å². The number of rotatable bonds is 9. The van der Waals surface area contributed by atoms with Crippen LogP contribution in [0.5, 0.6) is 23.0 Å². The average molecular weight is 506 g/mol. The van der Waals surface area contributed by atoms with Gasteiger partial charge in [0.2, 0.25) is 5.91 Å². The van der Waals surface area contributed by atoms with Crippen LogP contribution in [-0.2, 0) is 16.0 Å². The molecule has 1 saturated heterocycles. The van der Waals surface area contributed by atoms with E-state index in [0.717, 1.165) is 17.3 Å². The second-order valence-electron chi connectivity index (χ2n) is 7.87. The number of methoxy groups -OCH3 is 2. The van der Waals surface area contributed by atoms with Crippen molar-refractivity contribution in [3.05, 3.63) is 83.4 Å². The van der Waals surface area contributed by atoms with E-state index in [1.165, 1.54) is 14.2 Å². The molecule has 0 radical (unpaired) electrons. The second-order valence-corrected chi connectivity index (χ2v) is 9.04. The molecule has 9 heteroatoms. The molecule has 0 bridgehead atoms. The fraction of sp³-hybridized carbons (Fsp3) is 0.148. The summed E-state index contributed by atoms with van der Waals surface area (Å²) in [5.74, 6) is 0.888. The van der Waals surface area contributed by atoms with Gasteiger partial charge in [-0.2, -0.15) is 0 Å². The summed E-state index contributed by atoms with van der Waals surface area (Å²) < 4.78 is 16.4. The maximum Gasteiger partial charge on any atom is 0.336 e. The highest BCUT2D eigenvalue weighted by atomic mass is 32.2. The van der Waals surface area contributed by atoms with E-state index in [0.29, 0.717) is 40.5 Å². The number of carbonyl (C=O) groups is 3. The number of hydrogen-bond donors (Lipinski definition) is 2. The Morgan fingerprint density at radius 3 is 2.00 bits per heavy atom. The van der Waals surface area contributed by atoms with Crippen molar-refractivity contribution in [3.63, 3.8) is 0 Å². The molecule has 3 aromatic carbocycles. The van der Waals surface area contributed by atoms with Crippen LogP contribution in [0.2, 0.25) is 0 Å². The lowest BCUT2D eigenvalue weighted by Crippen LogP contribution is -2.25. The molecule has 2 N–H and O–H groups in total. The maximum absolute atomic E-state index is 12.0.